The van der Waals surface area contributed by atoms with E-state index < -0.39 is 0 Å². The molecule has 0 fully saturated rings. The van der Waals surface area contributed by atoms with Crippen molar-refractivity contribution >= 4 is 11.8 Å². The fraction of sp³-hybridized carbons (Fsp3) is 0.900. The van der Waals surface area contributed by atoms with E-state index >= 15 is 0 Å². The summed E-state index contributed by atoms with van der Waals surface area (Å²) >= 11 is 0. The van der Waals surface area contributed by atoms with Crippen LogP contribution < -0.4 is 4.90 Å². The average Bonchev–Trinajstić information content (AvgIpc) is 3.61. The van der Waals surface area contributed by atoms with E-state index in [2.05, 4.69) is 43.4 Å². The third-order valence-corrected chi connectivity index (χ3v) is 12.1. The molecule has 328 valence electrons. The quantitative estimate of drug-likeness (QED) is 0.0528. The van der Waals surface area contributed by atoms with Gasteiger partial charge in [-0.05, 0) is 77.6 Å². The highest BCUT2D eigenvalue weighted by atomic mass is 16.5. The van der Waals surface area contributed by atoms with Crippen molar-refractivity contribution in [3.63, 3.8) is 0 Å². The Kier molecular flexibility index (Phi) is 37.5. The molecule has 1 atom stereocenters. The molecule has 0 saturated carbocycles. The molecule has 0 aliphatic rings. The van der Waals surface area contributed by atoms with Crippen LogP contribution in [-0.4, -0.2) is 47.0 Å². The fourth-order valence-corrected chi connectivity index (χ4v) is 8.31. The standard InChI is InChI=1S/C50H95N3O3/c1-5-8-11-14-17-18-19-20-22-28-36-48(54)37-29-27-34-43-52(44-35-45-53-46-41-51-47(53)4)42-33-26-21-25-32-40-50(55)56-49(38-30-23-15-12-9-6-2)39-31-24-16-13-10-7-3/h41,46,49H,5-40,42-45H2,1-4H3/p+1. The Morgan fingerprint density at radius 1 is 0.536 bits per heavy atom. The van der Waals surface area contributed by atoms with Crippen molar-refractivity contribution in [2.45, 2.75) is 271 Å². The molecule has 1 aromatic heterocycles. The SMILES string of the molecule is CCCCCCCCCCCCC(=O)CCCCC[NH+](CCCCCCCC(=O)OC(CCCCCCCC)CCCCCCCC)CCCn1ccnc1C. The van der Waals surface area contributed by atoms with E-state index in [4.69, 9.17) is 4.74 Å². The number of esters is 1. The van der Waals surface area contributed by atoms with Crippen LogP contribution in [0.4, 0.5) is 0 Å². The zero-order valence-electron chi connectivity index (χ0n) is 38.1. The summed E-state index contributed by atoms with van der Waals surface area (Å²) in [6.45, 7) is 13.6. The predicted molar refractivity (Wildman–Crippen MR) is 241 cm³/mol. The monoisotopic (exact) mass is 787 g/mol. The van der Waals surface area contributed by atoms with Crippen LogP contribution >= 0.6 is 0 Å². The lowest BCUT2D eigenvalue weighted by Crippen LogP contribution is -3.12. The normalized spacial score (nSPS) is 12.2. The summed E-state index contributed by atoms with van der Waals surface area (Å²) in [5, 5.41) is 0. The van der Waals surface area contributed by atoms with Gasteiger partial charge in [-0.1, -0.05) is 156 Å². The molecular formula is C50H96N3O3+. The second-order valence-electron chi connectivity index (χ2n) is 17.5. The number of hydrogen-bond acceptors (Lipinski definition) is 4. The van der Waals surface area contributed by atoms with Crippen LogP contribution in [-0.2, 0) is 20.9 Å². The van der Waals surface area contributed by atoms with Crippen LogP contribution in [0.15, 0.2) is 12.4 Å². The van der Waals surface area contributed by atoms with Crippen molar-refractivity contribution in [1.82, 2.24) is 9.55 Å². The van der Waals surface area contributed by atoms with Gasteiger partial charge in [-0.3, -0.25) is 9.59 Å². The van der Waals surface area contributed by atoms with Gasteiger partial charge in [-0.2, -0.15) is 0 Å². The van der Waals surface area contributed by atoms with Crippen LogP contribution in [0.2, 0.25) is 0 Å². The van der Waals surface area contributed by atoms with E-state index in [0.717, 1.165) is 63.7 Å². The summed E-state index contributed by atoms with van der Waals surface area (Å²) in [4.78, 5) is 31.5. The van der Waals surface area contributed by atoms with E-state index in [0.29, 0.717) is 12.2 Å². The number of rotatable bonds is 44. The Bertz CT molecular complexity index is 978. The van der Waals surface area contributed by atoms with Crippen molar-refractivity contribution in [2.75, 3.05) is 19.6 Å². The lowest BCUT2D eigenvalue weighted by molar-refractivity contribution is -0.901. The van der Waals surface area contributed by atoms with Gasteiger partial charge in [-0.25, -0.2) is 4.98 Å². The summed E-state index contributed by atoms with van der Waals surface area (Å²) in [5.74, 6) is 1.62. The second-order valence-corrected chi connectivity index (χ2v) is 17.5. The number of nitrogens with one attached hydrogen (secondary N) is 1. The minimum absolute atomic E-state index is 0.0382. The number of carbonyl (C=O) groups is 2. The number of quaternary nitrogens is 1. The Morgan fingerprint density at radius 2 is 0.929 bits per heavy atom. The van der Waals surface area contributed by atoms with Crippen molar-refractivity contribution in [3.05, 3.63) is 18.2 Å². The van der Waals surface area contributed by atoms with Crippen molar-refractivity contribution in [2.24, 2.45) is 0 Å². The number of Topliss-reactive ketones (excluding diaryl/α,β-unsaturated/α-hetero) is 1. The highest BCUT2D eigenvalue weighted by molar-refractivity contribution is 5.78. The minimum Gasteiger partial charge on any atom is -0.462 e. The van der Waals surface area contributed by atoms with E-state index in [9.17, 15) is 9.59 Å². The molecule has 1 rings (SSSR count). The van der Waals surface area contributed by atoms with Crippen LogP contribution in [0.5, 0.6) is 0 Å². The molecule has 0 amide bonds. The second kappa shape index (κ2) is 40.1. The highest BCUT2D eigenvalue weighted by Crippen LogP contribution is 2.18. The highest BCUT2D eigenvalue weighted by Gasteiger charge is 2.15. The van der Waals surface area contributed by atoms with Gasteiger partial charge in [0.2, 0.25) is 0 Å². The summed E-state index contributed by atoms with van der Waals surface area (Å²) in [5.41, 5.74) is 0. The number of imidazole rings is 1. The van der Waals surface area contributed by atoms with E-state index in [1.54, 1.807) is 4.90 Å². The molecule has 0 aliphatic heterocycles. The topological polar surface area (TPSA) is 65.6 Å². The zero-order valence-corrected chi connectivity index (χ0v) is 38.1. The zero-order chi connectivity index (χ0) is 40.6. The van der Waals surface area contributed by atoms with E-state index in [-0.39, 0.29) is 12.1 Å². The molecular weight excluding hydrogens is 691 g/mol. The molecule has 56 heavy (non-hydrogen) atoms. The van der Waals surface area contributed by atoms with Crippen LogP contribution in [0.1, 0.15) is 258 Å². The van der Waals surface area contributed by atoms with Gasteiger partial charge in [0.1, 0.15) is 17.7 Å². The molecule has 6 heteroatoms. The minimum atomic E-state index is 0.0382. The van der Waals surface area contributed by atoms with Gasteiger partial charge >= 0.3 is 5.97 Å². The molecule has 1 heterocycles. The molecule has 1 N–H and O–H groups in total. The first-order chi connectivity index (χ1) is 27.5. The molecule has 1 aromatic rings. The number of unbranched alkanes of at least 4 members (excludes halogenated alkanes) is 25. The van der Waals surface area contributed by atoms with Gasteiger partial charge in [0.05, 0.1) is 19.6 Å². The van der Waals surface area contributed by atoms with E-state index in [1.165, 1.54) is 193 Å². The van der Waals surface area contributed by atoms with E-state index in [1.807, 2.05) is 6.20 Å². The number of ether oxygens (including phenoxy) is 1. The largest absolute Gasteiger partial charge is 0.462 e. The third kappa shape index (κ3) is 33.3. The maximum absolute atomic E-state index is 12.8. The molecule has 6 nitrogen and oxygen atoms in total. The Hall–Kier alpha value is -1.69. The lowest BCUT2D eigenvalue weighted by Gasteiger charge is -2.20. The number of ketones is 1. The number of aromatic nitrogens is 2. The summed E-state index contributed by atoms with van der Waals surface area (Å²) < 4.78 is 8.36. The first-order valence-electron chi connectivity index (χ1n) is 25.0. The van der Waals surface area contributed by atoms with Crippen molar-refractivity contribution < 1.29 is 19.2 Å². The Morgan fingerprint density at radius 3 is 1.39 bits per heavy atom. The maximum Gasteiger partial charge on any atom is 0.306 e. The van der Waals surface area contributed by atoms with Crippen LogP contribution in [0.3, 0.4) is 0 Å². The third-order valence-electron chi connectivity index (χ3n) is 12.1. The van der Waals surface area contributed by atoms with Crippen LogP contribution in [0.25, 0.3) is 0 Å². The van der Waals surface area contributed by atoms with Crippen LogP contribution in [0, 0.1) is 6.92 Å². The molecule has 0 spiro atoms. The summed E-state index contributed by atoms with van der Waals surface area (Å²) in [6.07, 6.45) is 47.5. The average molecular weight is 787 g/mol. The number of hydrogen-bond donors (Lipinski definition) is 1. The predicted octanol–water partition coefficient (Wildman–Crippen LogP) is 13.7. The smallest absolute Gasteiger partial charge is 0.306 e. The fourth-order valence-electron chi connectivity index (χ4n) is 8.31. The number of nitrogens with zero attached hydrogens (tertiary/aromatic N) is 2. The van der Waals surface area contributed by atoms with Gasteiger partial charge in [-0.15, -0.1) is 0 Å². The molecule has 0 saturated heterocycles. The summed E-state index contributed by atoms with van der Waals surface area (Å²) in [6, 6.07) is 0. The first-order valence-corrected chi connectivity index (χ1v) is 25.0. The Balaban J connectivity index is 2.29. The lowest BCUT2D eigenvalue weighted by atomic mass is 10.0. The number of aryl methyl sites for hydroxylation is 2. The molecule has 0 aliphatic carbocycles. The molecule has 0 radical (unpaired) electrons. The molecule has 0 bridgehead atoms. The van der Waals surface area contributed by atoms with Gasteiger partial charge < -0.3 is 14.2 Å². The van der Waals surface area contributed by atoms with Crippen molar-refractivity contribution in [1.29, 1.82) is 0 Å². The number of carbonyl (C=O) groups excluding carboxylic acids is 2. The first kappa shape index (κ1) is 52.3. The molecule has 0 aromatic carbocycles. The van der Waals surface area contributed by atoms with Crippen molar-refractivity contribution in [3.8, 4) is 0 Å². The summed E-state index contributed by atoms with van der Waals surface area (Å²) in [7, 11) is 0. The van der Waals surface area contributed by atoms with Gasteiger partial charge in [0.25, 0.3) is 0 Å². The molecule has 1 unspecified atom stereocenters. The van der Waals surface area contributed by atoms with Gasteiger partial charge in [0, 0.05) is 44.6 Å². The Labute approximate surface area is 348 Å². The maximum atomic E-state index is 12.8. The van der Waals surface area contributed by atoms with Gasteiger partial charge in [0.15, 0.2) is 0 Å².